The number of hydrogen-bond donors (Lipinski definition) is 1. The van der Waals surface area contributed by atoms with Gasteiger partial charge >= 0.3 is 0 Å². The van der Waals surface area contributed by atoms with Crippen LogP contribution in [0.2, 0.25) is 0 Å². The Bertz CT molecular complexity index is 904. The van der Waals surface area contributed by atoms with Crippen molar-refractivity contribution in [3.63, 3.8) is 0 Å². The molecule has 1 aliphatic rings. The van der Waals surface area contributed by atoms with Gasteiger partial charge in [0.2, 0.25) is 21.9 Å². The second-order valence-electron chi connectivity index (χ2n) is 7.14. The van der Waals surface area contributed by atoms with Gasteiger partial charge < -0.3 is 9.80 Å². The minimum atomic E-state index is -3.67. The summed E-state index contributed by atoms with van der Waals surface area (Å²) < 4.78 is 26.3. The van der Waals surface area contributed by atoms with E-state index < -0.39 is 10.0 Å². The first-order valence-corrected chi connectivity index (χ1v) is 10.6. The van der Waals surface area contributed by atoms with E-state index in [1.807, 2.05) is 19.0 Å². The first-order valence-electron chi connectivity index (χ1n) is 9.18. The fourth-order valence-corrected chi connectivity index (χ4v) is 4.34. The number of amides is 1. The zero-order chi connectivity index (χ0) is 20.3. The van der Waals surface area contributed by atoms with E-state index in [0.29, 0.717) is 19.0 Å². The summed E-state index contributed by atoms with van der Waals surface area (Å²) in [4.78, 5) is 20.8. The molecule has 1 aromatic carbocycles. The Kier molecular flexibility index (Phi) is 5.99. The van der Waals surface area contributed by atoms with E-state index in [4.69, 9.17) is 0 Å². The summed E-state index contributed by atoms with van der Waals surface area (Å²) in [7, 11) is 1.53. The predicted octanol–water partition coefficient (Wildman–Crippen LogP) is 0.897. The van der Waals surface area contributed by atoms with Gasteiger partial charge in [-0.05, 0) is 25.0 Å². The van der Waals surface area contributed by atoms with Crippen molar-refractivity contribution >= 4 is 21.9 Å². The van der Waals surface area contributed by atoms with Crippen LogP contribution < -0.4 is 4.90 Å². The summed E-state index contributed by atoms with van der Waals surface area (Å²) in [6.45, 7) is 0.969. The number of anilines is 1. The van der Waals surface area contributed by atoms with Gasteiger partial charge in [0.1, 0.15) is 5.82 Å². The topological polar surface area (TPSA) is 103 Å². The third kappa shape index (κ3) is 4.33. The lowest BCUT2D eigenvalue weighted by atomic mass is 9.96. The van der Waals surface area contributed by atoms with Gasteiger partial charge in [-0.15, -0.1) is 5.10 Å². The zero-order valence-corrected chi connectivity index (χ0v) is 17.2. The van der Waals surface area contributed by atoms with E-state index in [1.165, 1.54) is 19.2 Å². The zero-order valence-electron chi connectivity index (χ0n) is 16.4. The predicted molar refractivity (Wildman–Crippen MR) is 106 cm³/mol. The summed E-state index contributed by atoms with van der Waals surface area (Å²) in [5, 5.41) is 7.15. The standard InChI is InChI=1S/C18H26N6O3S/c1-22(2)18-19-17(20-21-18)14-9-11-24(12-10-14)16(25)13-23(3)28(26,27)15-7-5-4-6-8-15/h4-8,14H,9-13H2,1-3H3,(H,19,20,21). The number of nitrogens with zero attached hydrogens (tertiary/aromatic N) is 5. The number of benzene rings is 1. The van der Waals surface area contributed by atoms with Crippen LogP contribution in [0.15, 0.2) is 35.2 Å². The summed E-state index contributed by atoms with van der Waals surface area (Å²) >= 11 is 0. The molecule has 9 nitrogen and oxygen atoms in total. The number of aromatic nitrogens is 3. The van der Waals surface area contributed by atoms with Crippen molar-refractivity contribution in [3.05, 3.63) is 36.2 Å². The van der Waals surface area contributed by atoms with Crippen LogP contribution in [0.5, 0.6) is 0 Å². The molecule has 152 valence electrons. The molecule has 0 unspecified atom stereocenters. The molecule has 0 spiro atoms. The fraction of sp³-hybridized carbons (Fsp3) is 0.500. The second-order valence-corrected chi connectivity index (χ2v) is 9.19. The monoisotopic (exact) mass is 406 g/mol. The molecule has 0 aliphatic carbocycles. The molecule has 1 saturated heterocycles. The maximum atomic E-state index is 12.6. The van der Waals surface area contributed by atoms with Crippen molar-refractivity contribution in [2.24, 2.45) is 0 Å². The highest BCUT2D eigenvalue weighted by molar-refractivity contribution is 7.89. The molecule has 0 saturated carbocycles. The molecule has 2 aromatic rings. The van der Waals surface area contributed by atoms with Gasteiger partial charge in [0.05, 0.1) is 11.4 Å². The Hall–Kier alpha value is -2.46. The van der Waals surface area contributed by atoms with Gasteiger partial charge in [-0.2, -0.15) is 9.29 Å². The van der Waals surface area contributed by atoms with Gasteiger partial charge in [-0.3, -0.25) is 9.89 Å². The number of rotatable bonds is 6. The number of nitrogens with one attached hydrogen (secondary N) is 1. The van der Waals surface area contributed by atoms with Crippen molar-refractivity contribution in [3.8, 4) is 0 Å². The Morgan fingerprint density at radius 1 is 1.18 bits per heavy atom. The minimum Gasteiger partial charge on any atom is -0.346 e. The highest BCUT2D eigenvalue weighted by Crippen LogP contribution is 2.26. The van der Waals surface area contributed by atoms with Crippen molar-refractivity contribution in [2.75, 3.05) is 45.7 Å². The molecular weight excluding hydrogens is 380 g/mol. The average Bonchev–Trinajstić information content (AvgIpc) is 3.19. The van der Waals surface area contributed by atoms with Crippen LogP contribution in [0.4, 0.5) is 5.95 Å². The molecule has 0 radical (unpaired) electrons. The number of sulfonamides is 1. The van der Waals surface area contributed by atoms with Crippen LogP contribution in [0.25, 0.3) is 0 Å². The maximum absolute atomic E-state index is 12.6. The van der Waals surface area contributed by atoms with Crippen LogP contribution in [0.1, 0.15) is 24.6 Å². The van der Waals surface area contributed by atoms with Gasteiger partial charge in [0, 0.05) is 40.2 Å². The Morgan fingerprint density at radius 3 is 2.39 bits per heavy atom. The molecule has 1 aliphatic heterocycles. The van der Waals surface area contributed by atoms with Crippen LogP contribution in [-0.4, -0.2) is 79.5 Å². The molecule has 0 atom stereocenters. The Labute approximate surface area is 165 Å². The van der Waals surface area contributed by atoms with Crippen molar-refractivity contribution in [1.29, 1.82) is 0 Å². The lowest BCUT2D eigenvalue weighted by Crippen LogP contribution is -2.44. The molecule has 1 fully saturated rings. The SMILES string of the molecule is CN(C)c1n[nH]c(C2CCN(C(=O)CN(C)S(=O)(=O)c3ccccc3)CC2)n1. The lowest BCUT2D eigenvalue weighted by molar-refractivity contribution is -0.132. The van der Waals surface area contributed by atoms with Gasteiger partial charge in [0.25, 0.3) is 0 Å². The number of carbonyl (C=O) groups is 1. The van der Waals surface area contributed by atoms with E-state index in [2.05, 4.69) is 15.2 Å². The Morgan fingerprint density at radius 2 is 1.82 bits per heavy atom. The van der Waals surface area contributed by atoms with Crippen molar-refractivity contribution in [2.45, 2.75) is 23.7 Å². The molecule has 3 rings (SSSR count). The number of likely N-dealkylation sites (N-methyl/N-ethyl adjacent to an activating group) is 1. The number of likely N-dealkylation sites (tertiary alicyclic amines) is 1. The molecule has 10 heteroatoms. The van der Waals surface area contributed by atoms with Crippen LogP contribution in [-0.2, 0) is 14.8 Å². The van der Waals surface area contributed by atoms with Crippen LogP contribution >= 0.6 is 0 Å². The van der Waals surface area contributed by atoms with Crippen molar-refractivity contribution in [1.82, 2.24) is 24.4 Å². The number of hydrogen-bond acceptors (Lipinski definition) is 6. The normalized spacial score (nSPS) is 15.8. The number of aromatic amines is 1. The maximum Gasteiger partial charge on any atom is 0.244 e. The van der Waals surface area contributed by atoms with E-state index in [0.717, 1.165) is 23.0 Å². The number of piperidine rings is 1. The summed E-state index contributed by atoms with van der Waals surface area (Å²) in [6.07, 6.45) is 1.53. The third-order valence-corrected chi connectivity index (χ3v) is 6.75. The first-order chi connectivity index (χ1) is 13.3. The second kappa shape index (κ2) is 8.27. The first kappa shape index (κ1) is 20.3. The molecule has 1 aromatic heterocycles. The molecule has 2 heterocycles. The smallest absolute Gasteiger partial charge is 0.244 e. The largest absolute Gasteiger partial charge is 0.346 e. The van der Waals surface area contributed by atoms with Crippen molar-refractivity contribution < 1.29 is 13.2 Å². The van der Waals surface area contributed by atoms with Gasteiger partial charge in [0.15, 0.2) is 0 Å². The minimum absolute atomic E-state index is 0.172. The van der Waals surface area contributed by atoms with E-state index in [9.17, 15) is 13.2 Å². The average molecular weight is 407 g/mol. The summed E-state index contributed by atoms with van der Waals surface area (Å²) in [6, 6.07) is 8.14. The lowest BCUT2D eigenvalue weighted by Gasteiger charge is -2.32. The van der Waals surface area contributed by atoms with E-state index >= 15 is 0 Å². The molecule has 28 heavy (non-hydrogen) atoms. The quantitative estimate of drug-likeness (QED) is 0.765. The van der Waals surface area contributed by atoms with Gasteiger partial charge in [-0.1, -0.05) is 18.2 Å². The van der Waals surface area contributed by atoms with E-state index in [1.54, 1.807) is 23.1 Å². The fourth-order valence-electron chi connectivity index (χ4n) is 3.20. The van der Waals surface area contributed by atoms with Crippen LogP contribution in [0, 0.1) is 0 Å². The van der Waals surface area contributed by atoms with Gasteiger partial charge in [-0.25, -0.2) is 8.42 Å². The molecule has 0 bridgehead atoms. The molecule has 1 amide bonds. The summed E-state index contributed by atoms with van der Waals surface area (Å²) in [5.74, 6) is 1.50. The molecule has 1 N–H and O–H groups in total. The number of H-pyrrole nitrogens is 1. The highest BCUT2D eigenvalue weighted by Gasteiger charge is 2.29. The summed E-state index contributed by atoms with van der Waals surface area (Å²) in [5.41, 5.74) is 0. The van der Waals surface area contributed by atoms with E-state index in [-0.39, 0.29) is 23.3 Å². The van der Waals surface area contributed by atoms with Crippen LogP contribution in [0.3, 0.4) is 0 Å². The molecular formula is C18H26N6O3S. The Balaban J connectivity index is 1.56. The highest BCUT2D eigenvalue weighted by atomic mass is 32.2. The third-order valence-electron chi connectivity index (χ3n) is 4.93. The number of carbonyl (C=O) groups excluding carboxylic acids is 1.